The van der Waals surface area contributed by atoms with Gasteiger partial charge in [0.15, 0.2) is 0 Å². The number of nitrogens with zero attached hydrogens (tertiary/aromatic N) is 2. The molecule has 0 radical (unpaired) electrons. The molecule has 0 aliphatic carbocycles. The summed E-state index contributed by atoms with van der Waals surface area (Å²) in [4.78, 5) is 39.0. The van der Waals surface area contributed by atoms with Crippen LogP contribution >= 0.6 is 0 Å². The van der Waals surface area contributed by atoms with Gasteiger partial charge in [-0.3, -0.25) is 0 Å². The minimum Gasteiger partial charge on any atom is -0.467 e. The fraction of sp³-hybridized carbons (Fsp3) is 0.217. The van der Waals surface area contributed by atoms with Crippen molar-refractivity contribution in [2.24, 2.45) is 5.16 Å². The fourth-order valence-corrected chi connectivity index (χ4v) is 2.84. The Morgan fingerprint density at radius 1 is 1.16 bits per heavy atom. The molecule has 2 N–H and O–H groups in total. The number of hydrogen-bond donors (Lipinski definition) is 2. The first-order valence-corrected chi connectivity index (χ1v) is 9.70. The Labute approximate surface area is 185 Å². The molecule has 9 nitrogen and oxygen atoms in total. The van der Waals surface area contributed by atoms with Gasteiger partial charge in [0.25, 0.3) is 0 Å². The Hall–Kier alpha value is -4.14. The zero-order valence-corrected chi connectivity index (χ0v) is 17.9. The van der Waals surface area contributed by atoms with E-state index in [1.165, 1.54) is 13.2 Å². The van der Waals surface area contributed by atoms with Gasteiger partial charge in [0.2, 0.25) is 0 Å². The first-order chi connectivity index (χ1) is 15.4. The van der Waals surface area contributed by atoms with E-state index in [-0.39, 0.29) is 13.0 Å². The molecule has 0 bridgehead atoms. The smallest absolute Gasteiger partial charge is 0.419 e. The monoisotopic (exact) mass is 439 g/mol. The van der Waals surface area contributed by atoms with Crippen LogP contribution in [0.2, 0.25) is 0 Å². The van der Waals surface area contributed by atoms with Crippen molar-refractivity contribution < 1.29 is 29.1 Å². The lowest BCUT2D eigenvalue weighted by Gasteiger charge is -2.27. The fourth-order valence-electron chi connectivity index (χ4n) is 2.84. The van der Waals surface area contributed by atoms with Crippen molar-refractivity contribution in [1.29, 1.82) is 0 Å². The van der Waals surface area contributed by atoms with Crippen LogP contribution in [0, 0.1) is 0 Å². The average molecular weight is 439 g/mol. The van der Waals surface area contributed by atoms with Crippen LogP contribution in [0.25, 0.3) is 0 Å². The third-order valence-electron chi connectivity index (χ3n) is 4.50. The molecule has 0 aliphatic rings. The maximum Gasteiger partial charge on any atom is 0.419 e. The van der Waals surface area contributed by atoms with E-state index in [9.17, 15) is 14.4 Å². The van der Waals surface area contributed by atoms with Gasteiger partial charge in [-0.2, -0.15) is 0 Å². The Balaban J connectivity index is 2.34. The van der Waals surface area contributed by atoms with Crippen molar-refractivity contribution in [3.63, 3.8) is 0 Å². The SMILES string of the molecule is C=CCOC(=O)N(C(=O)Nc1ccc(C(C)=NO)cc1)C(Cc1ccccc1)C(=O)OC. The third-order valence-corrected chi connectivity index (χ3v) is 4.50. The number of oxime groups is 1. The number of benzene rings is 2. The Kier molecular flexibility index (Phi) is 8.97. The van der Waals surface area contributed by atoms with Gasteiger partial charge in [-0.1, -0.05) is 60.3 Å². The summed E-state index contributed by atoms with van der Waals surface area (Å²) in [6.45, 7) is 4.96. The summed E-state index contributed by atoms with van der Waals surface area (Å²) in [5.41, 5.74) is 2.12. The van der Waals surface area contributed by atoms with Crippen molar-refractivity contribution in [1.82, 2.24) is 4.90 Å². The molecule has 0 fully saturated rings. The van der Waals surface area contributed by atoms with Crippen LogP contribution in [0.3, 0.4) is 0 Å². The molecular weight excluding hydrogens is 414 g/mol. The van der Waals surface area contributed by atoms with Crippen LogP contribution in [0.15, 0.2) is 72.4 Å². The molecule has 168 valence electrons. The summed E-state index contributed by atoms with van der Waals surface area (Å²) >= 11 is 0. The first-order valence-electron chi connectivity index (χ1n) is 9.70. The standard InChI is InChI=1S/C23H25N3O6/c1-4-14-32-23(29)26(20(21(27)31-3)15-17-8-6-5-7-9-17)22(28)24-19-12-10-18(11-13-19)16(2)25-30/h4-13,20,30H,1,14-15H2,2-3H3,(H,24,28). The molecule has 3 amide bonds. The number of carbonyl (C=O) groups is 3. The van der Waals surface area contributed by atoms with Gasteiger partial charge in [0.05, 0.1) is 12.8 Å². The molecule has 0 aliphatic heterocycles. The molecule has 9 heteroatoms. The number of esters is 1. The number of methoxy groups -OCH3 is 1. The largest absolute Gasteiger partial charge is 0.467 e. The molecule has 2 aromatic rings. The number of ether oxygens (including phenoxy) is 2. The molecule has 1 unspecified atom stereocenters. The predicted molar refractivity (Wildman–Crippen MR) is 119 cm³/mol. The lowest BCUT2D eigenvalue weighted by molar-refractivity contribution is -0.145. The highest BCUT2D eigenvalue weighted by molar-refractivity contribution is 6.03. The number of urea groups is 1. The van der Waals surface area contributed by atoms with E-state index < -0.39 is 24.1 Å². The van der Waals surface area contributed by atoms with Gasteiger partial charge >= 0.3 is 18.1 Å². The molecule has 0 heterocycles. The molecule has 1 atom stereocenters. The summed E-state index contributed by atoms with van der Waals surface area (Å²) in [6, 6.07) is 13.2. The normalized spacial score (nSPS) is 11.8. The minimum absolute atomic E-state index is 0.0369. The van der Waals surface area contributed by atoms with Crippen molar-refractivity contribution >= 4 is 29.5 Å². The minimum atomic E-state index is -1.26. The number of amides is 3. The van der Waals surface area contributed by atoms with Gasteiger partial charge in [-0.15, -0.1) is 0 Å². The molecule has 0 spiro atoms. The van der Waals surface area contributed by atoms with Crippen LogP contribution in [-0.4, -0.2) is 53.7 Å². The van der Waals surface area contributed by atoms with E-state index in [0.29, 0.717) is 21.9 Å². The maximum absolute atomic E-state index is 13.1. The zero-order chi connectivity index (χ0) is 23.5. The molecule has 0 saturated carbocycles. The van der Waals surface area contributed by atoms with Gasteiger partial charge in [0, 0.05) is 12.1 Å². The number of hydrogen-bond acceptors (Lipinski definition) is 7. The number of rotatable bonds is 8. The molecular formula is C23H25N3O6. The highest BCUT2D eigenvalue weighted by Gasteiger charge is 2.37. The van der Waals surface area contributed by atoms with Gasteiger partial charge in [-0.25, -0.2) is 19.3 Å². The molecule has 32 heavy (non-hydrogen) atoms. The average Bonchev–Trinajstić information content (AvgIpc) is 2.82. The predicted octanol–water partition coefficient (Wildman–Crippen LogP) is 3.83. The topological polar surface area (TPSA) is 118 Å². The Morgan fingerprint density at radius 2 is 1.81 bits per heavy atom. The summed E-state index contributed by atoms with van der Waals surface area (Å²) < 4.78 is 9.90. The number of anilines is 1. The van der Waals surface area contributed by atoms with E-state index in [1.54, 1.807) is 55.5 Å². The molecule has 0 saturated heterocycles. The second kappa shape index (κ2) is 11.9. The zero-order valence-electron chi connectivity index (χ0n) is 17.9. The van der Waals surface area contributed by atoms with Gasteiger partial charge in [0.1, 0.15) is 12.6 Å². The number of carbonyl (C=O) groups excluding carboxylic acids is 3. The first kappa shape index (κ1) is 24.1. The Morgan fingerprint density at radius 3 is 2.38 bits per heavy atom. The molecule has 2 rings (SSSR count). The number of nitrogens with one attached hydrogen (secondary N) is 1. The van der Waals surface area contributed by atoms with E-state index in [0.717, 1.165) is 5.56 Å². The summed E-state index contributed by atoms with van der Waals surface area (Å²) in [6.07, 6.45) is 0.366. The quantitative estimate of drug-likeness (QED) is 0.212. The summed E-state index contributed by atoms with van der Waals surface area (Å²) in [5, 5.41) is 14.6. The lowest BCUT2D eigenvalue weighted by atomic mass is 10.1. The van der Waals surface area contributed by atoms with Crippen molar-refractivity contribution in [2.45, 2.75) is 19.4 Å². The highest BCUT2D eigenvalue weighted by Crippen LogP contribution is 2.17. The lowest BCUT2D eigenvalue weighted by Crippen LogP contribution is -2.52. The van der Waals surface area contributed by atoms with Crippen molar-refractivity contribution in [3.05, 3.63) is 78.4 Å². The van der Waals surface area contributed by atoms with Gasteiger partial charge < -0.3 is 20.0 Å². The molecule has 0 aromatic heterocycles. The van der Waals surface area contributed by atoms with Crippen molar-refractivity contribution in [2.75, 3.05) is 19.0 Å². The Bertz CT molecular complexity index is 973. The van der Waals surface area contributed by atoms with Crippen LogP contribution in [0.4, 0.5) is 15.3 Å². The summed E-state index contributed by atoms with van der Waals surface area (Å²) in [7, 11) is 1.18. The van der Waals surface area contributed by atoms with E-state index in [1.807, 2.05) is 6.07 Å². The molecule has 2 aromatic carbocycles. The van der Waals surface area contributed by atoms with E-state index in [2.05, 4.69) is 17.1 Å². The van der Waals surface area contributed by atoms with E-state index >= 15 is 0 Å². The van der Waals surface area contributed by atoms with Crippen molar-refractivity contribution in [3.8, 4) is 0 Å². The van der Waals surface area contributed by atoms with Crippen LogP contribution in [0.5, 0.6) is 0 Å². The van der Waals surface area contributed by atoms with Crippen LogP contribution < -0.4 is 5.32 Å². The highest BCUT2D eigenvalue weighted by atomic mass is 16.6. The van der Waals surface area contributed by atoms with Crippen LogP contribution in [-0.2, 0) is 20.7 Å². The number of imide groups is 1. The summed E-state index contributed by atoms with van der Waals surface area (Å²) in [5.74, 6) is -0.773. The van der Waals surface area contributed by atoms with E-state index in [4.69, 9.17) is 14.7 Å². The van der Waals surface area contributed by atoms with Crippen LogP contribution in [0.1, 0.15) is 18.1 Å². The van der Waals surface area contributed by atoms with Gasteiger partial charge in [-0.05, 0) is 30.2 Å². The third kappa shape index (κ3) is 6.43. The second-order valence-corrected chi connectivity index (χ2v) is 6.66. The second-order valence-electron chi connectivity index (χ2n) is 6.66. The maximum atomic E-state index is 13.1.